The minimum atomic E-state index is -2.87. The summed E-state index contributed by atoms with van der Waals surface area (Å²) in [5.41, 5.74) is -0.389. The predicted octanol–water partition coefficient (Wildman–Crippen LogP) is 3.23. The van der Waals surface area contributed by atoms with Crippen LogP contribution in [0.25, 0.3) is 0 Å². The lowest BCUT2D eigenvalue weighted by molar-refractivity contribution is 0.103. The highest BCUT2D eigenvalue weighted by Gasteiger charge is 2.16. The second-order valence-electron chi connectivity index (χ2n) is 5.83. The lowest BCUT2D eigenvalue weighted by Crippen LogP contribution is -2.26. The molecule has 0 saturated heterocycles. The van der Waals surface area contributed by atoms with E-state index in [1.807, 2.05) is 6.07 Å². The number of carbonyl (C=O) groups is 1. The molecule has 0 unspecified atom stereocenters. The summed E-state index contributed by atoms with van der Waals surface area (Å²) in [7, 11) is 0. The minimum absolute atomic E-state index is 0.109. The Balaban J connectivity index is 1.86. The molecule has 0 aliphatic heterocycles. The fourth-order valence-corrected chi connectivity index (χ4v) is 3.20. The molecule has 6 nitrogen and oxygen atoms in total. The third kappa shape index (κ3) is 4.93. The van der Waals surface area contributed by atoms with Crippen LogP contribution in [-0.4, -0.2) is 21.9 Å². The number of anilines is 1. The van der Waals surface area contributed by atoms with Crippen LogP contribution in [0.15, 0.2) is 47.7 Å². The van der Waals surface area contributed by atoms with Crippen molar-refractivity contribution in [3.05, 3.63) is 79.9 Å². The SMILES string of the molecule is N#Cc1sc(C(=O)Nc2cc(F)c(=O)n(CC(F)F)c2)cc1C#Cc1ccncc1. The maximum atomic E-state index is 13.7. The standard InChI is InChI=1S/C20H11F3N4O2S/c21-15-8-14(10-27(20(15)29)11-18(22)23)26-19(28)16-7-13(17(9-24)30-16)2-1-12-3-5-25-6-4-12/h3-8,10,18H,11H2,(H,26,28). The van der Waals surface area contributed by atoms with E-state index >= 15 is 0 Å². The summed E-state index contributed by atoms with van der Waals surface area (Å²) in [5, 5.41) is 11.6. The Labute approximate surface area is 172 Å². The van der Waals surface area contributed by atoms with Gasteiger partial charge >= 0.3 is 0 Å². The van der Waals surface area contributed by atoms with E-state index in [0.29, 0.717) is 15.7 Å². The molecule has 0 bridgehead atoms. The Hall–Kier alpha value is -3.89. The molecule has 0 radical (unpaired) electrons. The smallest absolute Gasteiger partial charge is 0.286 e. The Morgan fingerprint density at radius 3 is 2.67 bits per heavy atom. The summed E-state index contributed by atoms with van der Waals surface area (Å²) in [6, 6.07) is 7.46. The van der Waals surface area contributed by atoms with Crippen LogP contribution in [0, 0.1) is 29.0 Å². The van der Waals surface area contributed by atoms with Gasteiger partial charge in [0.05, 0.1) is 22.7 Å². The van der Waals surface area contributed by atoms with Gasteiger partial charge in [0.15, 0.2) is 5.82 Å². The number of carbonyl (C=O) groups excluding carboxylic acids is 1. The number of thiophene rings is 1. The first-order chi connectivity index (χ1) is 14.4. The zero-order valence-corrected chi connectivity index (χ0v) is 15.8. The molecule has 0 aromatic carbocycles. The van der Waals surface area contributed by atoms with Crippen LogP contribution in [0.5, 0.6) is 0 Å². The lowest BCUT2D eigenvalue weighted by Gasteiger charge is -2.09. The Kier molecular flexibility index (Phi) is 6.30. The highest BCUT2D eigenvalue weighted by atomic mass is 32.1. The van der Waals surface area contributed by atoms with E-state index in [0.717, 1.165) is 23.6 Å². The Bertz CT molecular complexity index is 1250. The molecule has 1 N–H and O–H groups in total. The summed E-state index contributed by atoms with van der Waals surface area (Å²) in [4.78, 5) is 28.2. The average molecular weight is 428 g/mol. The van der Waals surface area contributed by atoms with Gasteiger partial charge in [0.2, 0.25) is 0 Å². The van der Waals surface area contributed by atoms with E-state index in [1.54, 1.807) is 24.5 Å². The molecule has 150 valence electrons. The van der Waals surface area contributed by atoms with E-state index in [2.05, 4.69) is 22.1 Å². The van der Waals surface area contributed by atoms with Crippen LogP contribution in [0.1, 0.15) is 25.7 Å². The van der Waals surface area contributed by atoms with Crippen LogP contribution >= 0.6 is 11.3 Å². The van der Waals surface area contributed by atoms with Crippen LogP contribution in [0.2, 0.25) is 0 Å². The molecule has 0 fully saturated rings. The van der Waals surface area contributed by atoms with Crippen molar-refractivity contribution >= 4 is 22.9 Å². The number of alkyl halides is 2. The van der Waals surface area contributed by atoms with Gasteiger partial charge in [-0.05, 0) is 18.2 Å². The van der Waals surface area contributed by atoms with Crippen LogP contribution in [-0.2, 0) is 6.54 Å². The van der Waals surface area contributed by atoms with Crippen molar-refractivity contribution in [2.45, 2.75) is 13.0 Å². The second-order valence-corrected chi connectivity index (χ2v) is 6.88. The van der Waals surface area contributed by atoms with Gasteiger partial charge in [0, 0.05) is 30.2 Å². The fraction of sp³-hybridized carbons (Fsp3) is 0.100. The van der Waals surface area contributed by atoms with Crippen LogP contribution in [0.4, 0.5) is 18.9 Å². The molecule has 3 heterocycles. The molecule has 10 heteroatoms. The van der Waals surface area contributed by atoms with Gasteiger partial charge in [-0.3, -0.25) is 14.6 Å². The number of amides is 1. The maximum Gasteiger partial charge on any atom is 0.286 e. The number of nitriles is 1. The minimum Gasteiger partial charge on any atom is -0.320 e. The molecule has 0 aliphatic rings. The van der Waals surface area contributed by atoms with Crippen molar-refractivity contribution < 1.29 is 18.0 Å². The first-order valence-electron chi connectivity index (χ1n) is 8.33. The number of halogens is 3. The fourth-order valence-electron chi connectivity index (χ4n) is 2.40. The average Bonchev–Trinajstić information content (AvgIpc) is 3.14. The molecule has 3 rings (SSSR count). The molecule has 3 aromatic rings. The number of rotatable bonds is 4. The van der Waals surface area contributed by atoms with Crippen molar-refractivity contribution in [3.8, 4) is 17.9 Å². The Morgan fingerprint density at radius 1 is 1.27 bits per heavy atom. The maximum absolute atomic E-state index is 13.7. The van der Waals surface area contributed by atoms with E-state index < -0.39 is 30.3 Å². The van der Waals surface area contributed by atoms with Crippen LogP contribution < -0.4 is 10.9 Å². The largest absolute Gasteiger partial charge is 0.320 e. The van der Waals surface area contributed by atoms with Gasteiger partial charge in [-0.2, -0.15) is 5.26 Å². The summed E-state index contributed by atoms with van der Waals surface area (Å²) in [6.07, 6.45) is 1.19. The first-order valence-corrected chi connectivity index (χ1v) is 9.14. The normalized spacial score (nSPS) is 10.2. The van der Waals surface area contributed by atoms with Crippen molar-refractivity contribution in [2.75, 3.05) is 5.32 Å². The summed E-state index contributed by atoms with van der Waals surface area (Å²) < 4.78 is 39.3. The van der Waals surface area contributed by atoms with E-state index in [4.69, 9.17) is 0 Å². The number of hydrogen-bond acceptors (Lipinski definition) is 5. The zero-order chi connectivity index (χ0) is 21.7. The monoisotopic (exact) mass is 428 g/mol. The molecular weight excluding hydrogens is 417 g/mol. The van der Waals surface area contributed by atoms with E-state index in [9.17, 15) is 28.0 Å². The molecule has 0 saturated carbocycles. The van der Waals surface area contributed by atoms with Crippen molar-refractivity contribution in [2.24, 2.45) is 0 Å². The van der Waals surface area contributed by atoms with Gasteiger partial charge in [0.25, 0.3) is 17.9 Å². The van der Waals surface area contributed by atoms with Gasteiger partial charge in [-0.15, -0.1) is 11.3 Å². The zero-order valence-electron chi connectivity index (χ0n) is 15.0. The number of nitrogens with zero attached hydrogens (tertiary/aromatic N) is 3. The highest BCUT2D eigenvalue weighted by Crippen LogP contribution is 2.22. The van der Waals surface area contributed by atoms with Gasteiger partial charge in [0.1, 0.15) is 10.9 Å². The van der Waals surface area contributed by atoms with E-state index in [1.165, 1.54) is 6.07 Å². The predicted molar refractivity (Wildman–Crippen MR) is 104 cm³/mol. The molecule has 0 atom stereocenters. The van der Waals surface area contributed by atoms with Crippen molar-refractivity contribution in [1.29, 1.82) is 5.26 Å². The summed E-state index contributed by atoms with van der Waals surface area (Å²) >= 11 is 0.874. The van der Waals surface area contributed by atoms with Crippen LogP contribution in [0.3, 0.4) is 0 Å². The number of pyridine rings is 2. The highest BCUT2D eigenvalue weighted by molar-refractivity contribution is 7.14. The quantitative estimate of drug-likeness (QED) is 0.647. The lowest BCUT2D eigenvalue weighted by atomic mass is 10.2. The molecule has 1 amide bonds. The second kappa shape index (κ2) is 9.07. The number of hydrogen-bond donors (Lipinski definition) is 1. The third-order valence-corrected chi connectivity index (χ3v) is 4.75. The van der Waals surface area contributed by atoms with Gasteiger partial charge in [-0.1, -0.05) is 11.8 Å². The topological polar surface area (TPSA) is 87.8 Å². The molecular formula is C20H11F3N4O2S. The molecule has 30 heavy (non-hydrogen) atoms. The number of aromatic nitrogens is 2. The van der Waals surface area contributed by atoms with Gasteiger partial charge in [-0.25, -0.2) is 13.2 Å². The van der Waals surface area contributed by atoms with Crippen molar-refractivity contribution in [1.82, 2.24) is 9.55 Å². The first kappa shape index (κ1) is 20.8. The third-order valence-electron chi connectivity index (χ3n) is 3.71. The van der Waals surface area contributed by atoms with Gasteiger partial charge < -0.3 is 9.88 Å². The summed E-state index contributed by atoms with van der Waals surface area (Å²) in [6.45, 7) is -1.01. The van der Waals surface area contributed by atoms with Crippen molar-refractivity contribution in [3.63, 3.8) is 0 Å². The molecule has 3 aromatic heterocycles. The molecule has 0 aliphatic carbocycles. The number of nitrogens with one attached hydrogen (secondary N) is 1. The summed E-state index contributed by atoms with van der Waals surface area (Å²) in [5.74, 6) is 3.68. The van der Waals surface area contributed by atoms with E-state index in [-0.39, 0.29) is 15.4 Å². The Morgan fingerprint density at radius 2 is 2.00 bits per heavy atom. The molecule has 0 spiro atoms.